The zero-order valence-electron chi connectivity index (χ0n) is 14.5. The SMILES string of the molecule is CO[C@@H]1C[C@H]2[C@@H]3C=CC(=O)O[C@@]3(C)CC[C@@H]2[C@@]2(C)CCC3CC312. The average Bonchev–Trinajstić information content (AvgIpc) is 3.16. The van der Waals surface area contributed by atoms with Crippen molar-refractivity contribution in [2.75, 3.05) is 7.11 Å². The Balaban J connectivity index is 1.57. The Labute approximate surface area is 138 Å². The fourth-order valence-electron chi connectivity index (χ4n) is 7.71. The first-order chi connectivity index (χ1) is 10.9. The van der Waals surface area contributed by atoms with Crippen molar-refractivity contribution in [3.63, 3.8) is 0 Å². The van der Waals surface area contributed by atoms with E-state index in [0.29, 0.717) is 28.8 Å². The van der Waals surface area contributed by atoms with Gasteiger partial charge in [0.25, 0.3) is 0 Å². The van der Waals surface area contributed by atoms with Crippen LogP contribution in [0.5, 0.6) is 0 Å². The zero-order chi connectivity index (χ0) is 16.0. The monoisotopic (exact) mass is 316 g/mol. The minimum Gasteiger partial charge on any atom is -0.456 e. The van der Waals surface area contributed by atoms with Crippen molar-refractivity contribution in [1.29, 1.82) is 0 Å². The van der Waals surface area contributed by atoms with E-state index in [9.17, 15) is 4.79 Å². The molecule has 1 spiro atoms. The second kappa shape index (κ2) is 4.22. The Bertz CT molecular complexity index is 598. The first kappa shape index (κ1) is 14.5. The van der Waals surface area contributed by atoms with Crippen LogP contribution in [-0.2, 0) is 14.3 Å². The summed E-state index contributed by atoms with van der Waals surface area (Å²) < 4.78 is 11.9. The maximum Gasteiger partial charge on any atom is 0.330 e. The van der Waals surface area contributed by atoms with Gasteiger partial charge < -0.3 is 9.47 Å². The molecule has 126 valence electrons. The van der Waals surface area contributed by atoms with Gasteiger partial charge in [-0.3, -0.25) is 0 Å². The van der Waals surface area contributed by atoms with E-state index >= 15 is 0 Å². The summed E-state index contributed by atoms with van der Waals surface area (Å²) in [6.45, 7) is 4.71. The molecule has 3 nitrogen and oxygen atoms in total. The Kier molecular flexibility index (Phi) is 2.66. The molecule has 23 heavy (non-hydrogen) atoms. The lowest BCUT2D eigenvalue weighted by atomic mass is 9.47. The normalized spacial score (nSPS) is 59.4. The number of rotatable bonds is 1. The molecule has 0 amide bonds. The summed E-state index contributed by atoms with van der Waals surface area (Å²) in [7, 11) is 1.91. The molecule has 0 aromatic carbocycles. The summed E-state index contributed by atoms with van der Waals surface area (Å²) >= 11 is 0. The number of methoxy groups -OCH3 is 1. The van der Waals surface area contributed by atoms with Gasteiger partial charge in [-0.25, -0.2) is 4.79 Å². The quantitative estimate of drug-likeness (QED) is 0.692. The van der Waals surface area contributed by atoms with Gasteiger partial charge in [-0.15, -0.1) is 0 Å². The van der Waals surface area contributed by atoms with E-state index < -0.39 is 0 Å². The minimum absolute atomic E-state index is 0.160. The lowest BCUT2D eigenvalue weighted by Crippen LogP contribution is -2.59. The number of esters is 1. The van der Waals surface area contributed by atoms with E-state index in [2.05, 4.69) is 19.9 Å². The average molecular weight is 316 g/mol. The third kappa shape index (κ3) is 1.54. The first-order valence-corrected chi connectivity index (χ1v) is 9.38. The van der Waals surface area contributed by atoms with Crippen molar-refractivity contribution >= 4 is 5.97 Å². The van der Waals surface area contributed by atoms with Gasteiger partial charge in [0.15, 0.2) is 0 Å². The molecular weight excluding hydrogens is 288 g/mol. The molecule has 5 aliphatic rings. The molecule has 5 rings (SSSR count). The molecule has 1 aliphatic heterocycles. The number of hydrogen-bond acceptors (Lipinski definition) is 3. The smallest absolute Gasteiger partial charge is 0.330 e. The molecular formula is C20H28O3. The highest BCUT2D eigenvalue weighted by molar-refractivity contribution is 5.83. The van der Waals surface area contributed by atoms with E-state index in [1.807, 2.05) is 7.11 Å². The molecule has 2 unspecified atom stereocenters. The van der Waals surface area contributed by atoms with Crippen molar-refractivity contribution in [2.45, 2.75) is 64.1 Å². The summed E-state index contributed by atoms with van der Waals surface area (Å²) in [5.74, 6) is 2.47. The Morgan fingerprint density at radius 2 is 2.09 bits per heavy atom. The van der Waals surface area contributed by atoms with E-state index in [1.54, 1.807) is 6.08 Å². The molecule has 0 bridgehead atoms. The molecule has 4 saturated carbocycles. The van der Waals surface area contributed by atoms with Crippen molar-refractivity contribution in [3.8, 4) is 0 Å². The van der Waals surface area contributed by atoms with Gasteiger partial charge in [0.2, 0.25) is 0 Å². The lowest BCUT2D eigenvalue weighted by molar-refractivity contribution is -0.193. The van der Waals surface area contributed by atoms with Gasteiger partial charge >= 0.3 is 5.97 Å². The fraction of sp³-hybridized carbons (Fsp3) is 0.850. The number of carbonyl (C=O) groups excluding carboxylic acids is 1. The van der Waals surface area contributed by atoms with Gasteiger partial charge in [-0.1, -0.05) is 13.0 Å². The summed E-state index contributed by atoms with van der Waals surface area (Å²) in [4.78, 5) is 11.8. The lowest BCUT2D eigenvalue weighted by Gasteiger charge is -2.60. The molecule has 0 saturated heterocycles. The van der Waals surface area contributed by atoms with Crippen LogP contribution in [0, 0.1) is 34.5 Å². The molecule has 4 aliphatic carbocycles. The van der Waals surface area contributed by atoms with Crippen molar-refractivity contribution in [2.24, 2.45) is 34.5 Å². The van der Waals surface area contributed by atoms with Crippen LogP contribution in [0.2, 0.25) is 0 Å². The van der Waals surface area contributed by atoms with Crippen molar-refractivity contribution in [3.05, 3.63) is 12.2 Å². The second-order valence-corrected chi connectivity index (χ2v) is 9.29. The maximum atomic E-state index is 11.8. The number of ether oxygens (including phenoxy) is 2. The number of fused-ring (bicyclic) bond motifs is 4. The molecule has 0 aromatic heterocycles. The van der Waals surface area contributed by atoms with Crippen LogP contribution < -0.4 is 0 Å². The largest absolute Gasteiger partial charge is 0.456 e. The van der Waals surface area contributed by atoms with Crippen LogP contribution in [0.15, 0.2) is 12.2 Å². The maximum absolute atomic E-state index is 11.8. The van der Waals surface area contributed by atoms with Crippen LogP contribution >= 0.6 is 0 Å². The van der Waals surface area contributed by atoms with Gasteiger partial charge in [-0.05, 0) is 68.6 Å². The molecule has 0 radical (unpaired) electrons. The minimum atomic E-state index is -0.298. The third-order valence-electron chi connectivity index (χ3n) is 8.80. The molecule has 8 atom stereocenters. The van der Waals surface area contributed by atoms with E-state index in [1.165, 1.54) is 25.7 Å². The van der Waals surface area contributed by atoms with E-state index in [4.69, 9.17) is 9.47 Å². The van der Waals surface area contributed by atoms with Gasteiger partial charge in [0.05, 0.1) is 6.10 Å². The Hall–Kier alpha value is -0.830. The predicted molar refractivity (Wildman–Crippen MR) is 86.6 cm³/mol. The molecule has 0 aromatic rings. The predicted octanol–water partition coefficient (Wildman–Crippen LogP) is 3.73. The molecule has 1 heterocycles. The zero-order valence-corrected chi connectivity index (χ0v) is 14.5. The highest BCUT2D eigenvalue weighted by Gasteiger charge is 2.77. The first-order valence-electron chi connectivity index (χ1n) is 9.38. The van der Waals surface area contributed by atoms with Gasteiger partial charge in [0.1, 0.15) is 5.60 Å². The van der Waals surface area contributed by atoms with Crippen LogP contribution in [0.1, 0.15) is 52.4 Å². The molecule has 3 heteroatoms. The van der Waals surface area contributed by atoms with Crippen LogP contribution in [0.3, 0.4) is 0 Å². The van der Waals surface area contributed by atoms with E-state index in [0.717, 1.165) is 24.7 Å². The van der Waals surface area contributed by atoms with Crippen LogP contribution in [0.25, 0.3) is 0 Å². The van der Waals surface area contributed by atoms with E-state index in [-0.39, 0.29) is 11.6 Å². The fourth-order valence-corrected chi connectivity index (χ4v) is 7.71. The van der Waals surface area contributed by atoms with Crippen molar-refractivity contribution in [1.82, 2.24) is 0 Å². The van der Waals surface area contributed by atoms with Crippen LogP contribution in [-0.4, -0.2) is 24.8 Å². The highest BCUT2D eigenvalue weighted by atomic mass is 16.6. The van der Waals surface area contributed by atoms with Gasteiger partial charge in [0, 0.05) is 24.5 Å². The Morgan fingerprint density at radius 1 is 1.26 bits per heavy atom. The number of carbonyl (C=O) groups is 1. The second-order valence-electron chi connectivity index (χ2n) is 9.29. The molecule has 0 N–H and O–H groups in total. The van der Waals surface area contributed by atoms with Gasteiger partial charge in [-0.2, -0.15) is 0 Å². The van der Waals surface area contributed by atoms with Crippen LogP contribution in [0.4, 0.5) is 0 Å². The third-order valence-corrected chi connectivity index (χ3v) is 8.80. The number of hydrogen-bond donors (Lipinski definition) is 0. The summed E-state index contributed by atoms with van der Waals surface area (Å²) in [6, 6.07) is 0. The topological polar surface area (TPSA) is 35.5 Å². The summed E-state index contributed by atoms with van der Waals surface area (Å²) in [5.41, 5.74) is 0.595. The molecule has 4 fully saturated rings. The summed E-state index contributed by atoms with van der Waals surface area (Å²) in [6.07, 6.45) is 11.7. The summed E-state index contributed by atoms with van der Waals surface area (Å²) in [5, 5.41) is 0. The Morgan fingerprint density at radius 3 is 2.83 bits per heavy atom. The highest BCUT2D eigenvalue weighted by Crippen LogP contribution is 2.81. The standard InChI is InChI=1S/C20H28O3/c1-18-8-6-12-11-20(12,18)16(22-3)10-13-14(18)7-9-19(2)15(13)4-5-17(21)23-19/h4-5,12-16H,6-11H2,1-3H3/t12?,13-,14+,15+,16-,18-,19+,20?/m1/s1. The van der Waals surface area contributed by atoms with Crippen molar-refractivity contribution < 1.29 is 14.3 Å².